The first-order chi connectivity index (χ1) is 10.8. The molecule has 0 radical (unpaired) electrons. The normalized spacial score (nSPS) is 16.8. The summed E-state index contributed by atoms with van der Waals surface area (Å²) >= 11 is 0. The number of fused-ring (bicyclic) bond motifs is 1. The highest BCUT2D eigenvalue weighted by atomic mass is 16.5. The van der Waals surface area contributed by atoms with E-state index in [-0.39, 0.29) is 0 Å². The lowest BCUT2D eigenvalue weighted by Gasteiger charge is -2.16. The van der Waals surface area contributed by atoms with Gasteiger partial charge in [-0.05, 0) is 53.4 Å². The van der Waals surface area contributed by atoms with Crippen LogP contribution in [0.1, 0.15) is 29.8 Å². The van der Waals surface area contributed by atoms with Gasteiger partial charge in [-0.2, -0.15) is 0 Å². The Kier molecular flexibility index (Phi) is 3.54. The first-order valence-corrected chi connectivity index (χ1v) is 7.96. The molecule has 1 aliphatic carbocycles. The largest absolute Gasteiger partial charge is 0.493 e. The summed E-state index contributed by atoms with van der Waals surface area (Å²) < 4.78 is 7.52. The molecule has 0 unspecified atom stereocenters. The SMILES string of the molecule is CN(Cc1ccc2c(c1)CCO2)Cc1nnnn1CC1CC1. The van der Waals surface area contributed by atoms with Crippen LogP contribution in [0, 0.1) is 5.92 Å². The Balaban J connectivity index is 1.39. The van der Waals surface area contributed by atoms with Gasteiger partial charge >= 0.3 is 0 Å². The maximum atomic E-state index is 5.56. The Morgan fingerprint density at radius 1 is 1.32 bits per heavy atom. The number of hydrogen-bond acceptors (Lipinski definition) is 5. The molecule has 0 N–H and O–H groups in total. The van der Waals surface area contributed by atoms with E-state index in [2.05, 4.69) is 45.7 Å². The number of tetrazole rings is 1. The van der Waals surface area contributed by atoms with Crippen LogP contribution in [0.3, 0.4) is 0 Å². The fraction of sp³-hybridized carbons (Fsp3) is 0.562. The third-order valence-electron chi connectivity index (χ3n) is 4.35. The molecule has 0 amide bonds. The van der Waals surface area contributed by atoms with Gasteiger partial charge in [0.05, 0.1) is 13.2 Å². The second kappa shape index (κ2) is 5.68. The lowest BCUT2D eigenvalue weighted by molar-refractivity contribution is 0.301. The van der Waals surface area contributed by atoms with Crippen LogP contribution in [0.5, 0.6) is 5.75 Å². The van der Waals surface area contributed by atoms with Gasteiger partial charge in [-0.1, -0.05) is 12.1 Å². The Morgan fingerprint density at radius 3 is 3.09 bits per heavy atom. The van der Waals surface area contributed by atoms with Crippen molar-refractivity contribution >= 4 is 0 Å². The van der Waals surface area contributed by atoms with E-state index in [1.165, 1.54) is 24.0 Å². The molecule has 0 bridgehead atoms. The standard InChI is InChI=1S/C16H21N5O/c1-20(9-13-4-5-15-14(8-13)6-7-22-15)11-16-17-18-19-21(16)10-12-2-3-12/h4-5,8,12H,2-3,6-7,9-11H2,1H3. The smallest absolute Gasteiger partial charge is 0.165 e. The molecule has 2 aliphatic rings. The zero-order chi connectivity index (χ0) is 14.9. The molecule has 116 valence electrons. The Labute approximate surface area is 130 Å². The summed E-state index contributed by atoms with van der Waals surface area (Å²) in [5.74, 6) is 2.78. The van der Waals surface area contributed by atoms with Gasteiger partial charge < -0.3 is 4.74 Å². The highest BCUT2D eigenvalue weighted by Crippen LogP contribution is 2.30. The monoisotopic (exact) mass is 299 g/mol. The average Bonchev–Trinajstić information content (AvgIpc) is 3.02. The van der Waals surface area contributed by atoms with E-state index in [1.54, 1.807) is 0 Å². The first kappa shape index (κ1) is 13.7. The van der Waals surface area contributed by atoms with Crippen LogP contribution < -0.4 is 4.74 Å². The van der Waals surface area contributed by atoms with E-state index >= 15 is 0 Å². The fourth-order valence-electron chi connectivity index (χ4n) is 2.97. The van der Waals surface area contributed by atoms with Crippen molar-refractivity contribution in [1.82, 2.24) is 25.1 Å². The molecule has 0 saturated heterocycles. The summed E-state index contributed by atoms with van der Waals surface area (Å²) in [6.07, 6.45) is 3.64. The van der Waals surface area contributed by atoms with Crippen LogP contribution >= 0.6 is 0 Å². The minimum Gasteiger partial charge on any atom is -0.493 e. The average molecular weight is 299 g/mol. The first-order valence-electron chi connectivity index (χ1n) is 7.96. The second-order valence-corrected chi connectivity index (χ2v) is 6.43. The summed E-state index contributed by atoms with van der Waals surface area (Å²) in [4.78, 5) is 2.26. The molecular weight excluding hydrogens is 278 g/mol. The van der Waals surface area contributed by atoms with Crippen molar-refractivity contribution < 1.29 is 4.74 Å². The molecule has 1 aromatic carbocycles. The predicted octanol–water partition coefficient (Wildman–Crippen LogP) is 1.65. The molecule has 4 rings (SSSR count). The molecule has 1 saturated carbocycles. The molecule has 1 fully saturated rings. The van der Waals surface area contributed by atoms with Crippen LogP contribution in [0.4, 0.5) is 0 Å². The van der Waals surface area contributed by atoms with Gasteiger partial charge in [-0.3, -0.25) is 4.90 Å². The Hall–Kier alpha value is -1.95. The fourth-order valence-corrected chi connectivity index (χ4v) is 2.97. The summed E-state index contributed by atoms with van der Waals surface area (Å²) in [5, 5.41) is 12.1. The Bertz CT molecular complexity index is 664. The minimum absolute atomic E-state index is 0.771. The van der Waals surface area contributed by atoms with Crippen molar-refractivity contribution in [2.45, 2.75) is 38.9 Å². The van der Waals surface area contributed by atoms with Gasteiger partial charge in [0, 0.05) is 19.5 Å². The van der Waals surface area contributed by atoms with Gasteiger partial charge in [-0.15, -0.1) is 5.10 Å². The summed E-state index contributed by atoms with van der Waals surface area (Å²) in [5.41, 5.74) is 2.64. The molecule has 2 heterocycles. The number of benzene rings is 1. The molecule has 1 aliphatic heterocycles. The van der Waals surface area contributed by atoms with E-state index in [0.29, 0.717) is 0 Å². The Morgan fingerprint density at radius 2 is 2.23 bits per heavy atom. The lowest BCUT2D eigenvalue weighted by atomic mass is 10.1. The zero-order valence-electron chi connectivity index (χ0n) is 12.9. The third-order valence-corrected chi connectivity index (χ3v) is 4.35. The quantitative estimate of drug-likeness (QED) is 0.812. The number of aromatic nitrogens is 4. The number of hydrogen-bond donors (Lipinski definition) is 0. The van der Waals surface area contributed by atoms with Crippen molar-refractivity contribution in [2.75, 3.05) is 13.7 Å². The van der Waals surface area contributed by atoms with Gasteiger partial charge in [0.2, 0.25) is 0 Å². The van der Waals surface area contributed by atoms with E-state index < -0.39 is 0 Å². The predicted molar refractivity (Wildman–Crippen MR) is 81.4 cm³/mol. The number of nitrogens with zero attached hydrogens (tertiary/aromatic N) is 5. The molecule has 2 aromatic rings. The van der Waals surface area contributed by atoms with Crippen LogP contribution in [0.2, 0.25) is 0 Å². The molecule has 22 heavy (non-hydrogen) atoms. The van der Waals surface area contributed by atoms with Crippen LogP contribution in [-0.4, -0.2) is 38.8 Å². The zero-order valence-corrected chi connectivity index (χ0v) is 12.9. The van der Waals surface area contributed by atoms with Gasteiger partial charge in [0.25, 0.3) is 0 Å². The van der Waals surface area contributed by atoms with Gasteiger partial charge in [-0.25, -0.2) is 4.68 Å². The second-order valence-electron chi connectivity index (χ2n) is 6.43. The highest BCUT2D eigenvalue weighted by Gasteiger charge is 2.24. The van der Waals surface area contributed by atoms with Crippen molar-refractivity contribution in [1.29, 1.82) is 0 Å². The van der Waals surface area contributed by atoms with E-state index in [9.17, 15) is 0 Å². The minimum atomic E-state index is 0.771. The van der Waals surface area contributed by atoms with Gasteiger partial charge in [0.15, 0.2) is 5.82 Å². The van der Waals surface area contributed by atoms with Gasteiger partial charge in [0.1, 0.15) is 5.75 Å². The maximum absolute atomic E-state index is 5.56. The maximum Gasteiger partial charge on any atom is 0.165 e. The molecule has 0 spiro atoms. The third kappa shape index (κ3) is 2.97. The molecule has 6 heteroatoms. The molecule has 0 atom stereocenters. The summed E-state index contributed by atoms with van der Waals surface area (Å²) in [6, 6.07) is 6.49. The van der Waals surface area contributed by atoms with E-state index in [1.807, 2.05) is 4.68 Å². The molecular formula is C16H21N5O. The van der Waals surface area contributed by atoms with Crippen LogP contribution in [0.15, 0.2) is 18.2 Å². The topological polar surface area (TPSA) is 56.1 Å². The van der Waals surface area contributed by atoms with Crippen LogP contribution in [0.25, 0.3) is 0 Å². The van der Waals surface area contributed by atoms with E-state index in [4.69, 9.17) is 4.74 Å². The highest BCUT2D eigenvalue weighted by molar-refractivity contribution is 5.39. The van der Waals surface area contributed by atoms with Crippen molar-refractivity contribution in [3.8, 4) is 5.75 Å². The van der Waals surface area contributed by atoms with Crippen LogP contribution in [-0.2, 0) is 26.1 Å². The summed E-state index contributed by atoms with van der Waals surface area (Å²) in [7, 11) is 2.11. The van der Waals surface area contributed by atoms with Crippen molar-refractivity contribution in [2.24, 2.45) is 5.92 Å². The lowest BCUT2D eigenvalue weighted by Crippen LogP contribution is -2.21. The van der Waals surface area contributed by atoms with E-state index in [0.717, 1.165) is 50.2 Å². The summed E-state index contributed by atoms with van der Waals surface area (Å²) in [6.45, 7) is 3.44. The van der Waals surface area contributed by atoms with Crippen molar-refractivity contribution in [3.05, 3.63) is 35.2 Å². The number of rotatable bonds is 6. The van der Waals surface area contributed by atoms with Crippen molar-refractivity contribution in [3.63, 3.8) is 0 Å². The molecule has 6 nitrogen and oxygen atoms in total. The molecule has 1 aromatic heterocycles. The number of ether oxygens (including phenoxy) is 1.